The minimum absolute atomic E-state index is 0.119. The summed E-state index contributed by atoms with van der Waals surface area (Å²) in [5, 5.41) is 3.49. The summed E-state index contributed by atoms with van der Waals surface area (Å²) in [4.78, 5) is 19.9. The van der Waals surface area contributed by atoms with E-state index in [1.54, 1.807) is 24.3 Å². The first kappa shape index (κ1) is 16.5. The fourth-order valence-electron chi connectivity index (χ4n) is 1.83. The molecule has 0 saturated carbocycles. The van der Waals surface area contributed by atoms with Gasteiger partial charge in [-0.1, -0.05) is 23.4 Å². The van der Waals surface area contributed by atoms with E-state index in [4.69, 9.17) is 16.0 Å². The molecule has 3 aromatic rings. The predicted molar refractivity (Wildman–Crippen MR) is 90.5 cm³/mol. The molecule has 0 aliphatic heterocycles. The minimum atomic E-state index is -0.319. The third-order valence-corrected chi connectivity index (χ3v) is 4.00. The number of hydrogen-bond acceptors (Lipinski definition) is 5. The van der Waals surface area contributed by atoms with E-state index in [2.05, 4.69) is 15.3 Å². The molecule has 0 fully saturated rings. The highest BCUT2D eigenvalue weighted by molar-refractivity contribution is 7.99. The molecule has 1 amide bonds. The van der Waals surface area contributed by atoms with Crippen LogP contribution in [0.5, 0.6) is 0 Å². The van der Waals surface area contributed by atoms with E-state index in [1.165, 1.54) is 24.5 Å². The number of oxazole rings is 1. The summed E-state index contributed by atoms with van der Waals surface area (Å²) in [6, 6.07) is 9.14. The molecule has 122 valence electrons. The average molecular weight is 364 g/mol. The Kier molecular flexibility index (Phi) is 5.12. The van der Waals surface area contributed by atoms with Crippen molar-refractivity contribution >= 4 is 35.1 Å². The van der Waals surface area contributed by atoms with E-state index in [9.17, 15) is 9.18 Å². The van der Waals surface area contributed by atoms with Gasteiger partial charge in [0, 0.05) is 11.8 Å². The highest BCUT2D eigenvalue weighted by Crippen LogP contribution is 2.25. The lowest BCUT2D eigenvalue weighted by Crippen LogP contribution is -2.14. The van der Waals surface area contributed by atoms with Crippen LogP contribution >= 0.6 is 23.4 Å². The third-order valence-electron chi connectivity index (χ3n) is 2.93. The first-order chi connectivity index (χ1) is 11.6. The number of carbonyl (C=O) groups excluding carboxylic acids is 1. The van der Waals surface area contributed by atoms with Gasteiger partial charge in [-0.3, -0.25) is 4.79 Å². The first-order valence-corrected chi connectivity index (χ1v) is 8.22. The fourth-order valence-corrected chi connectivity index (χ4v) is 2.54. The zero-order valence-corrected chi connectivity index (χ0v) is 13.8. The van der Waals surface area contributed by atoms with E-state index in [-0.39, 0.29) is 17.5 Å². The molecule has 2 aromatic heterocycles. The van der Waals surface area contributed by atoms with Gasteiger partial charge in [-0.25, -0.2) is 14.4 Å². The SMILES string of the molecule is O=C(CSc1ncc(-c2ccc(F)cc2)o1)Nc1ccc(Cl)cn1. The highest BCUT2D eigenvalue weighted by Gasteiger charge is 2.10. The van der Waals surface area contributed by atoms with E-state index in [0.29, 0.717) is 27.4 Å². The van der Waals surface area contributed by atoms with Crippen molar-refractivity contribution in [2.24, 2.45) is 0 Å². The molecule has 5 nitrogen and oxygen atoms in total. The van der Waals surface area contributed by atoms with E-state index < -0.39 is 0 Å². The number of amides is 1. The first-order valence-electron chi connectivity index (χ1n) is 6.86. The quantitative estimate of drug-likeness (QED) is 0.686. The van der Waals surface area contributed by atoms with Crippen LogP contribution in [0.15, 0.2) is 58.4 Å². The van der Waals surface area contributed by atoms with Crippen LogP contribution < -0.4 is 5.32 Å². The second-order valence-corrected chi connectivity index (χ2v) is 6.06. The van der Waals surface area contributed by atoms with Crippen molar-refractivity contribution in [1.82, 2.24) is 9.97 Å². The molecular formula is C16H11ClFN3O2S. The van der Waals surface area contributed by atoms with Gasteiger partial charge in [0.15, 0.2) is 5.76 Å². The molecule has 1 N–H and O–H groups in total. The van der Waals surface area contributed by atoms with Crippen LogP contribution in [0.4, 0.5) is 10.2 Å². The average Bonchev–Trinajstić information content (AvgIpc) is 3.05. The summed E-state index contributed by atoms with van der Waals surface area (Å²) >= 11 is 6.88. The Morgan fingerprint density at radius 3 is 2.67 bits per heavy atom. The van der Waals surface area contributed by atoms with Gasteiger partial charge in [0.1, 0.15) is 11.6 Å². The highest BCUT2D eigenvalue weighted by atomic mass is 35.5. The van der Waals surface area contributed by atoms with Crippen molar-refractivity contribution < 1.29 is 13.6 Å². The molecule has 0 radical (unpaired) electrons. The summed E-state index contributed by atoms with van der Waals surface area (Å²) < 4.78 is 18.5. The topological polar surface area (TPSA) is 68.0 Å². The molecule has 0 aliphatic carbocycles. The standard InChI is InChI=1S/C16H11ClFN3O2S/c17-11-3-6-14(19-7-11)21-15(22)9-24-16-20-8-13(23-16)10-1-4-12(18)5-2-10/h1-8H,9H2,(H,19,21,22). The van der Waals surface area contributed by atoms with Crippen LogP contribution in [-0.2, 0) is 4.79 Å². The molecule has 3 rings (SSSR count). The maximum absolute atomic E-state index is 12.9. The number of anilines is 1. The third kappa shape index (κ3) is 4.33. The van der Waals surface area contributed by atoms with Crippen LogP contribution in [0.3, 0.4) is 0 Å². The van der Waals surface area contributed by atoms with Crippen molar-refractivity contribution in [3.8, 4) is 11.3 Å². The number of halogens is 2. The Morgan fingerprint density at radius 1 is 1.17 bits per heavy atom. The van der Waals surface area contributed by atoms with Crippen LogP contribution in [0.25, 0.3) is 11.3 Å². The van der Waals surface area contributed by atoms with Crippen LogP contribution in [0, 0.1) is 5.82 Å². The lowest BCUT2D eigenvalue weighted by atomic mass is 10.2. The molecule has 0 aliphatic rings. The van der Waals surface area contributed by atoms with Crippen LogP contribution in [0.1, 0.15) is 0 Å². The monoisotopic (exact) mass is 363 g/mol. The van der Waals surface area contributed by atoms with Gasteiger partial charge in [-0.2, -0.15) is 0 Å². The van der Waals surface area contributed by atoms with Gasteiger partial charge in [-0.05, 0) is 36.4 Å². The zero-order valence-electron chi connectivity index (χ0n) is 12.2. The Morgan fingerprint density at radius 2 is 1.96 bits per heavy atom. The maximum atomic E-state index is 12.9. The maximum Gasteiger partial charge on any atom is 0.256 e. The van der Waals surface area contributed by atoms with Gasteiger partial charge in [0.2, 0.25) is 5.91 Å². The van der Waals surface area contributed by atoms with E-state index in [1.807, 2.05) is 0 Å². The molecule has 0 spiro atoms. The molecule has 1 aromatic carbocycles. The van der Waals surface area contributed by atoms with Gasteiger partial charge in [0.25, 0.3) is 5.22 Å². The van der Waals surface area contributed by atoms with Gasteiger partial charge in [-0.15, -0.1) is 0 Å². The molecule has 0 bridgehead atoms. The summed E-state index contributed by atoms with van der Waals surface area (Å²) in [5.74, 6) is 0.492. The number of thioether (sulfide) groups is 1. The molecule has 2 heterocycles. The molecule has 0 saturated heterocycles. The largest absolute Gasteiger partial charge is 0.431 e. The van der Waals surface area contributed by atoms with Crippen molar-refractivity contribution in [2.75, 3.05) is 11.1 Å². The van der Waals surface area contributed by atoms with E-state index >= 15 is 0 Å². The van der Waals surface area contributed by atoms with Crippen molar-refractivity contribution in [3.63, 3.8) is 0 Å². The minimum Gasteiger partial charge on any atom is -0.431 e. The van der Waals surface area contributed by atoms with Gasteiger partial charge < -0.3 is 9.73 Å². The molecular weight excluding hydrogens is 353 g/mol. The summed E-state index contributed by atoms with van der Waals surface area (Å²) in [5.41, 5.74) is 0.713. The smallest absolute Gasteiger partial charge is 0.256 e. The molecule has 8 heteroatoms. The number of nitrogens with zero attached hydrogens (tertiary/aromatic N) is 2. The second-order valence-electron chi connectivity index (χ2n) is 4.70. The van der Waals surface area contributed by atoms with Crippen molar-refractivity contribution in [3.05, 3.63) is 59.6 Å². The van der Waals surface area contributed by atoms with Crippen LogP contribution in [0.2, 0.25) is 5.02 Å². The molecule has 0 unspecified atom stereocenters. The fraction of sp³-hybridized carbons (Fsp3) is 0.0625. The number of nitrogens with one attached hydrogen (secondary N) is 1. The molecule has 0 atom stereocenters. The zero-order chi connectivity index (χ0) is 16.9. The number of benzene rings is 1. The van der Waals surface area contributed by atoms with Crippen molar-refractivity contribution in [1.29, 1.82) is 0 Å². The number of carbonyl (C=O) groups is 1. The number of hydrogen-bond donors (Lipinski definition) is 1. The number of rotatable bonds is 5. The summed E-state index contributed by atoms with van der Waals surface area (Å²) in [7, 11) is 0. The van der Waals surface area contributed by atoms with Crippen molar-refractivity contribution in [2.45, 2.75) is 5.22 Å². The Balaban J connectivity index is 1.56. The lowest BCUT2D eigenvalue weighted by Gasteiger charge is -2.02. The number of aromatic nitrogens is 2. The lowest BCUT2D eigenvalue weighted by molar-refractivity contribution is -0.113. The van der Waals surface area contributed by atoms with Crippen LogP contribution in [-0.4, -0.2) is 21.6 Å². The number of pyridine rings is 1. The summed E-state index contributed by atoms with van der Waals surface area (Å²) in [6.45, 7) is 0. The Bertz CT molecular complexity index is 837. The molecule has 24 heavy (non-hydrogen) atoms. The van der Waals surface area contributed by atoms with Gasteiger partial charge >= 0.3 is 0 Å². The predicted octanol–water partition coefficient (Wildman–Crippen LogP) is 4.26. The Hall–Kier alpha value is -2.38. The Labute approximate surface area is 146 Å². The van der Waals surface area contributed by atoms with E-state index in [0.717, 1.165) is 11.8 Å². The summed E-state index contributed by atoms with van der Waals surface area (Å²) in [6.07, 6.45) is 2.99. The second kappa shape index (κ2) is 7.46. The normalized spacial score (nSPS) is 10.6. The van der Waals surface area contributed by atoms with Gasteiger partial charge in [0.05, 0.1) is 17.0 Å².